The van der Waals surface area contributed by atoms with Gasteiger partial charge in [0.2, 0.25) is 0 Å². The number of carbonyl (C=O) groups excluding carboxylic acids is 2. The van der Waals surface area contributed by atoms with Gasteiger partial charge >= 0.3 is 5.97 Å². The number of carbonyl (C=O) groups is 1. The topological polar surface area (TPSA) is 49.9 Å². The largest absolute Gasteiger partial charge is 0.446 e. The van der Waals surface area contributed by atoms with Crippen LogP contribution in [0.15, 0.2) is 18.4 Å². The van der Waals surface area contributed by atoms with Gasteiger partial charge in [0, 0.05) is 6.54 Å². The van der Waals surface area contributed by atoms with E-state index in [-0.39, 0.29) is 18.3 Å². The lowest BCUT2D eigenvalue weighted by molar-refractivity contribution is -0.143. The molecule has 0 aromatic carbocycles. The van der Waals surface area contributed by atoms with Gasteiger partial charge in [-0.25, -0.2) is 9.59 Å². The summed E-state index contributed by atoms with van der Waals surface area (Å²) in [4.78, 5) is 26.2. The molecule has 0 spiro atoms. The van der Waals surface area contributed by atoms with Crippen LogP contribution in [0.2, 0.25) is 0 Å². The third kappa shape index (κ3) is 3.44. The van der Waals surface area contributed by atoms with E-state index in [0.717, 1.165) is 19.4 Å². The molecule has 0 bridgehead atoms. The molecule has 17 heavy (non-hydrogen) atoms. The van der Waals surface area contributed by atoms with Gasteiger partial charge in [-0.1, -0.05) is 6.58 Å². The molecule has 1 heterocycles. The van der Waals surface area contributed by atoms with Crippen LogP contribution in [0.25, 0.3) is 0 Å². The Balaban J connectivity index is 2.68. The fraction of sp³-hybridized carbons (Fsp3) is 0.583. The standard InChI is InChI=1S/C12H18N2O3/c1-4-14-7-5-6-11(14)10(8-15)12(16)17-9-13(2)3/h4,11H,1,5-7,9H2,2-3H3. The van der Waals surface area contributed by atoms with E-state index < -0.39 is 5.97 Å². The Labute approximate surface area is 101 Å². The molecular formula is C12H18N2O3. The van der Waals surface area contributed by atoms with Crippen molar-refractivity contribution in [2.24, 2.45) is 0 Å². The summed E-state index contributed by atoms with van der Waals surface area (Å²) in [5.74, 6) is 1.13. The lowest BCUT2D eigenvalue weighted by Crippen LogP contribution is -2.32. The van der Waals surface area contributed by atoms with Gasteiger partial charge in [0.05, 0.1) is 6.04 Å². The van der Waals surface area contributed by atoms with Crippen molar-refractivity contribution in [3.05, 3.63) is 18.4 Å². The van der Waals surface area contributed by atoms with Crippen molar-refractivity contribution < 1.29 is 14.3 Å². The molecule has 94 valence electrons. The van der Waals surface area contributed by atoms with Crippen molar-refractivity contribution in [3.63, 3.8) is 0 Å². The molecule has 0 aliphatic carbocycles. The summed E-state index contributed by atoms with van der Waals surface area (Å²) in [6.45, 7) is 4.63. The molecule has 1 aliphatic rings. The van der Waals surface area contributed by atoms with Gasteiger partial charge < -0.3 is 9.64 Å². The fourth-order valence-corrected chi connectivity index (χ4v) is 1.83. The summed E-state index contributed by atoms with van der Waals surface area (Å²) >= 11 is 0. The van der Waals surface area contributed by atoms with E-state index in [1.807, 2.05) is 4.90 Å². The smallest absolute Gasteiger partial charge is 0.348 e. The molecule has 5 heteroatoms. The van der Waals surface area contributed by atoms with E-state index in [1.54, 1.807) is 31.1 Å². The van der Waals surface area contributed by atoms with Gasteiger partial charge in [0.15, 0.2) is 0 Å². The van der Waals surface area contributed by atoms with E-state index in [1.165, 1.54) is 0 Å². The van der Waals surface area contributed by atoms with Crippen LogP contribution >= 0.6 is 0 Å². The maximum Gasteiger partial charge on any atom is 0.348 e. The average molecular weight is 238 g/mol. The zero-order valence-corrected chi connectivity index (χ0v) is 10.3. The van der Waals surface area contributed by atoms with E-state index in [9.17, 15) is 9.59 Å². The first-order valence-corrected chi connectivity index (χ1v) is 5.55. The first-order chi connectivity index (χ1) is 8.10. The third-order valence-corrected chi connectivity index (χ3v) is 2.65. The molecule has 1 atom stereocenters. The normalized spacial score (nSPS) is 19.0. The van der Waals surface area contributed by atoms with Gasteiger partial charge in [-0.2, -0.15) is 0 Å². The zero-order chi connectivity index (χ0) is 12.8. The van der Waals surface area contributed by atoms with Gasteiger partial charge in [-0.3, -0.25) is 4.90 Å². The Morgan fingerprint density at radius 3 is 2.88 bits per heavy atom. The summed E-state index contributed by atoms with van der Waals surface area (Å²) in [6.07, 6.45) is 3.34. The summed E-state index contributed by atoms with van der Waals surface area (Å²) in [5, 5.41) is 0. The molecule has 0 amide bonds. The van der Waals surface area contributed by atoms with Crippen LogP contribution in [0.4, 0.5) is 0 Å². The highest BCUT2D eigenvalue weighted by atomic mass is 16.5. The van der Waals surface area contributed by atoms with Crippen molar-refractivity contribution >= 4 is 11.9 Å². The van der Waals surface area contributed by atoms with Crippen molar-refractivity contribution in [3.8, 4) is 0 Å². The van der Waals surface area contributed by atoms with E-state index in [2.05, 4.69) is 6.58 Å². The van der Waals surface area contributed by atoms with Crippen molar-refractivity contribution in [2.75, 3.05) is 27.4 Å². The number of hydrogen-bond donors (Lipinski definition) is 0. The maximum absolute atomic E-state index is 11.7. The summed E-state index contributed by atoms with van der Waals surface area (Å²) < 4.78 is 4.99. The van der Waals surface area contributed by atoms with Crippen molar-refractivity contribution in [2.45, 2.75) is 18.9 Å². The second-order valence-corrected chi connectivity index (χ2v) is 4.23. The number of nitrogens with zero attached hydrogens (tertiary/aromatic N) is 2. The van der Waals surface area contributed by atoms with Gasteiger partial charge in [-0.15, -0.1) is 0 Å². The minimum atomic E-state index is -0.590. The Morgan fingerprint density at radius 1 is 1.65 bits per heavy atom. The molecule has 1 rings (SSSR count). The second kappa shape index (κ2) is 6.23. The van der Waals surface area contributed by atoms with Gasteiger partial charge in [0.25, 0.3) is 0 Å². The van der Waals surface area contributed by atoms with Crippen molar-refractivity contribution in [1.29, 1.82) is 0 Å². The molecule has 1 fully saturated rings. The number of ether oxygens (including phenoxy) is 1. The van der Waals surface area contributed by atoms with Gasteiger partial charge in [-0.05, 0) is 33.1 Å². The number of likely N-dealkylation sites (tertiary alicyclic amines) is 1. The Hall–Kier alpha value is -1.58. The second-order valence-electron chi connectivity index (χ2n) is 4.23. The lowest BCUT2D eigenvalue weighted by Gasteiger charge is -2.22. The molecule has 5 nitrogen and oxygen atoms in total. The molecule has 0 aromatic heterocycles. The lowest BCUT2D eigenvalue weighted by atomic mass is 10.1. The van der Waals surface area contributed by atoms with Crippen LogP contribution in [0.5, 0.6) is 0 Å². The maximum atomic E-state index is 11.7. The van der Waals surface area contributed by atoms with E-state index in [4.69, 9.17) is 4.74 Å². The third-order valence-electron chi connectivity index (χ3n) is 2.65. The van der Waals surface area contributed by atoms with Crippen LogP contribution in [0.1, 0.15) is 12.8 Å². The highest BCUT2D eigenvalue weighted by molar-refractivity contribution is 5.98. The first kappa shape index (κ1) is 13.5. The SMILES string of the molecule is C=CN1CCCC1C(=C=O)C(=O)OCN(C)C. The average Bonchev–Trinajstić information content (AvgIpc) is 2.75. The molecule has 1 unspecified atom stereocenters. The number of esters is 1. The summed E-state index contributed by atoms with van der Waals surface area (Å²) in [6, 6.07) is -0.236. The predicted octanol–water partition coefficient (Wildman–Crippen LogP) is 0.415. The Bertz CT molecular complexity index is 346. The zero-order valence-electron chi connectivity index (χ0n) is 10.3. The van der Waals surface area contributed by atoms with Gasteiger partial charge in [0.1, 0.15) is 18.2 Å². The number of rotatable bonds is 5. The van der Waals surface area contributed by atoms with Crippen LogP contribution in [-0.4, -0.2) is 55.1 Å². The fourth-order valence-electron chi connectivity index (χ4n) is 1.83. The molecule has 0 saturated carbocycles. The molecule has 0 radical (unpaired) electrons. The number of hydrogen-bond acceptors (Lipinski definition) is 5. The Kier molecular flexibility index (Phi) is 4.94. The van der Waals surface area contributed by atoms with Crippen LogP contribution in [0.3, 0.4) is 0 Å². The molecule has 1 aliphatic heterocycles. The highest BCUT2D eigenvalue weighted by Gasteiger charge is 2.31. The van der Waals surface area contributed by atoms with Crippen LogP contribution < -0.4 is 0 Å². The quantitative estimate of drug-likeness (QED) is 0.300. The minimum absolute atomic E-state index is 0.0595. The first-order valence-electron chi connectivity index (χ1n) is 5.55. The van der Waals surface area contributed by atoms with Crippen molar-refractivity contribution in [1.82, 2.24) is 9.80 Å². The summed E-state index contributed by atoms with van der Waals surface area (Å²) in [7, 11) is 3.56. The summed E-state index contributed by atoms with van der Waals surface area (Å²) in [5.41, 5.74) is 0.0595. The molecule has 0 aromatic rings. The molecule has 1 saturated heterocycles. The monoisotopic (exact) mass is 238 g/mol. The Morgan fingerprint density at radius 2 is 2.35 bits per heavy atom. The van der Waals surface area contributed by atoms with Crippen LogP contribution in [-0.2, 0) is 14.3 Å². The molecule has 0 N–H and O–H groups in total. The molecular weight excluding hydrogens is 220 g/mol. The highest BCUT2D eigenvalue weighted by Crippen LogP contribution is 2.23. The predicted molar refractivity (Wildman–Crippen MR) is 63.8 cm³/mol. The van der Waals surface area contributed by atoms with E-state index in [0.29, 0.717) is 0 Å². The minimum Gasteiger partial charge on any atom is -0.446 e. The van der Waals surface area contributed by atoms with Crippen LogP contribution in [0, 0.1) is 0 Å². The van der Waals surface area contributed by atoms with E-state index >= 15 is 0 Å².